The molecule has 1 fully saturated rings. The topological polar surface area (TPSA) is 61.9 Å². The van der Waals surface area contributed by atoms with Gasteiger partial charge in [-0.25, -0.2) is 0 Å². The molecule has 0 spiro atoms. The Hall–Kier alpha value is -2.86. The van der Waals surface area contributed by atoms with Gasteiger partial charge >= 0.3 is 0 Å². The molecule has 28 heavy (non-hydrogen) atoms. The van der Waals surface area contributed by atoms with Gasteiger partial charge in [-0.1, -0.05) is 17.7 Å². The molecule has 2 aromatic rings. The van der Waals surface area contributed by atoms with Crippen molar-refractivity contribution >= 4 is 23.2 Å². The lowest BCUT2D eigenvalue weighted by Gasteiger charge is -2.28. The molecule has 1 saturated heterocycles. The lowest BCUT2D eigenvalue weighted by atomic mass is 10.0. The number of carbonyl (C=O) groups excluding carboxylic acids is 2. The van der Waals surface area contributed by atoms with Crippen molar-refractivity contribution in [2.45, 2.75) is 13.8 Å². The third-order valence-corrected chi connectivity index (χ3v) is 4.87. The van der Waals surface area contributed by atoms with Gasteiger partial charge in [-0.3, -0.25) is 9.59 Å². The third kappa shape index (κ3) is 4.89. The zero-order valence-corrected chi connectivity index (χ0v) is 16.7. The highest BCUT2D eigenvalue weighted by Gasteiger charge is 2.17. The molecule has 1 N–H and O–H groups in total. The zero-order chi connectivity index (χ0) is 20.1. The van der Waals surface area contributed by atoms with Crippen molar-refractivity contribution in [3.8, 4) is 0 Å². The van der Waals surface area contributed by atoms with Crippen LogP contribution in [0.15, 0.2) is 42.5 Å². The standard InChI is InChI=1S/C22H27N3O3/c1-16-4-9-20(17(2)14-16)22(27)24(3)15-21(26)23-18-5-7-19(8-6-18)25-10-12-28-13-11-25/h4-9,14H,10-13,15H2,1-3H3,(H,23,26). The van der Waals surface area contributed by atoms with E-state index in [2.05, 4.69) is 10.2 Å². The van der Waals surface area contributed by atoms with E-state index in [1.54, 1.807) is 7.05 Å². The molecule has 1 aliphatic heterocycles. The Morgan fingerprint density at radius 2 is 1.75 bits per heavy atom. The first kappa shape index (κ1) is 19.9. The monoisotopic (exact) mass is 381 g/mol. The van der Waals surface area contributed by atoms with E-state index in [-0.39, 0.29) is 18.4 Å². The molecule has 2 aromatic carbocycles. The van der Waals surface area contributed by atoms with Crippen LogP contribution in [0.1, 0.15) is 21.5 Å². The second-order valence-corrected chi connectivity index (χ2v) is 7.17. The van der Waals surface area contributed by atoms with Crippen molar-refractivity contribution < 1.29 is 14.3 Å². The Balaban J connectivity index is 1.56. The summed E-state index contributed by atoms with van der Waals surface area (Å²) in [6.07, 6.45) is 0. The molecule has 1 heterocycles. The van der Waals surface area contributed by atoms with Crippen LogP contribution >= 0.6 is 0 Å². The van der Waals surface area contributed by atoms with Crippen LogP contribution in [-0.4, -0.2) is 56.6 Å². The van der Waals surface area contributed by atoms with E-state index in [9.17, 15) is 9.59 Å². The maximum atomic E-state index is 12.6. The molecule has 0 atom stereocenters. The fourth-order valence-electron chi connectivity index (χ4n) is 3.32. The summed E-state index contributed by atoms with van der Waals surface area (Å²) in [4.78, 5) is 28.7. The minimum absolute atomic E-state index is 0.00261. The Morgan fingerprint density at radius 1 is 1.07 bits per heavy atom. The summed E-state index contributed by atoms with van der Waals surface area (Å²) >= 11 is 0. The molecular formula is C22H27N3O3. The second kappa shape index (κ2) is 8.89. The summed E-state index contributed by atoms with van der Waals surface area (Å²) in [6.45, 7) is 7.11. The van der Waals surface area contributed by atoms with Crippen molar-refractivity contribution in [1.29, 1.82) is 0 Å². The number of benzene rings is 2. The first-order chi connectivity index (χ1) is 13.4. The fraction of sp³-hybridized carbons (Fsp3) is 0.364. The number of anilines is 2. The highest BCUT2D eigenvalue weighted by atomic mass is 16.5. The number of amides is 2. The number of aryl methyl sites for hydroxylation is 2. The van der Waals surface area contributed by atoms with Crippen LogP contribution < -0.4 is 10.2 Å². The van der Waals surface area contributed by atoms with E-state index in [0.717, 1.165) is 48.8 Å². The Kier molecular flexibility index (Phi) is 6.31. The van der Waals surface area contributed by atoms with Gasteiger partial charge in [-0.15, -0.1) is 0 Å². The fourth-order valence-corrected chi connectivity index (χ4v) is 3.32. The van der Waals surface area contributed by atoms with E-state index in [1.165, 1.54) is 4.90 Å². The largest absolute Gasteiger partial charge is 0.378 e. The van der Waals surface area contributed by atoms with Crippen molar-refractivity contribution in [1.82, 2.24) is 4.90 Å². The maximum absolute atomic E-state index is 12.6. The molecule has 3 rings (SSSR count). The van der Waals surface area contributed by atoms with Crippen molar-refractivity contribution in [3.05, 3.63) is 59.2 Å². The van der Waals surface area contributed by atoms with Gasteiger partial charge in [0.25, 0.3) is 5.91 Å². The van der Waals surface area contributed by atoms with Gasteiger partial charge < -0.3 is 19.9 Å². The highest BCUT2D eigenvalue weighted by molar-refractivity contribution is 6.00. The maximum Gasteiger partial charge on any atom is 0.254 e. The molecule has 6 heteroatoms. The number of hydrogen-bond acceptors (Lipinski definition) is 4. The molecule has 0 unspecified atom stereocenters. The number of morpholine rings is 1. The first-order valence-corrected chi connectivity index (χ1v) is 9.49. The summed E-state index contributed by atoms with van der Waals surface area (Å²) in [5.74, 6) is -0.380. The SMILES string of the molecule is Cc1ccc(C(=O)N(C)CC(=O)Nc2ccc(N3CCOCC3)cc2)c(C)c1. The number of hydrogen-bond donors (Lipinski definition) is 1. The van der Waals surface area contributed by atoms with Crippen molar-refractivity contribution in [3.63, 3.8) is 0 Å². The van der Waals surface area contributed by atoms with Crippen molar-refractivity contribution in [2.24, 2.45) is 0 Å². The van der Waals surface area contributed by atoms with E-state index >= 15 is 0 Å². The minimum atomic E-state index is -0.222. The van der Waals surface area contributed by atoms with Crippen LogP contribution in [0.4, 0.5) is 11.4 Å². The number of nitrogens with zero attached hydrogens (tertiary/aromatic N) is 2. The number of carbonyl (C=O) groups is 2. The predicted octanol–water partition coefficient (Wildman–Crippen LogP) is 2.85. The summed E-state index contributed by atoms with van der Waals surface area (Å²) in [6, 6.07) is 13.4. The van der Waals surface area contributed by atoms with Gasteiger partial charge in [0, 0.05) is 37.1 Å². The van der Waals surface area contributed by atoms with E-state index in [4.69, 9.17) is 4.74 Å². The molecule has 1 aliphatic rings. The second-order valence-electron chi connectivity index (χ2n) is 7.17. The van der Waals surface area contributed by atoms with Gasteiger partial charge in [0.15, 0.2) is 0 Å². The highest BCUT2D eigenvalue weighted by Crippen LogP contribution is 2.19. The molecular weight excluding hydrogens is 354 g/mol. The molecule has 0 aromatic heterocycles. The van der Waals surface area contributed by atoms with Gasteiger partial charge in [-0.05, 0) is 49.7 Å². The molecule has 0 saturated carbocycles. The third-order valence-electron chi connectivity index (χ3n) is 4.87. The molecule has 148 valence electrons. The van der Waals surface area contributed by atoms with Crippen LogP contribution in [0.5, 0.6) is 0 Å². The minimum Gasteiger partial charge on any atom is -0.378 e. The van der Waals surface area contributed by atoms with Gasteiger partial charge in [0.1, 0.15) is 0 Å². The van der Waals surface area contributed by atoms with Crippen LogP contribution in [0, 0.1) is 13.8 Å². The number of nitrogens with one attached hydrogen (secondary N) is 1. The molecule has 0 bridgehead atoms. The number of ether oxygens (including phenoxy) is 1. The molecule has 6 nitrogen and oxygen atoms in total. The lowest BCUT2D eigenvalue weighted by Crippen LogP contribution is -2.36. The molecule has 0 radical (unpaired) electrons. The van der Waals surface area contributed by atoms with E-state index in [1.807, 2.05) is 56.3 Å². The zero-order valence-electron chi connectivity index (χ0n) is 16.7. The van der Waals surface area contributed by atoms with Crippen LogP contribution in [0.2, 0.25) is 0 Å². The average molecular weight is 381 g/mol. The summed E-state index contributed by atoms with van der Waals surface area (Å²) in [7, 11) is 1.64. The molecule has 0 aliphatic carbocycles. The van der Waals surface area contributed by atoms with Crippen LogP contribution in [0.25, 0.3) is 0 Å². The summed E-state index contributed by atoms with van der Waals surface area (Å²) < 4.78 is 5.37. The van der Waals surface area contributed by atoms with Crippen LogP contribution in [-0.2, 0) is 9.53 Å². The van der Waals surface area contributed by atoms with Gasteiger partial charge in [0.05, 0.1) is 19.8 Å². The smallest absolute Gasteiger partial charge is 0.254 e. The quantitative estimate of drug-likeness (QED) is 0.865. The van der Waals surface area contributed by atoms with Crippen molar-refractivity contribution in [2.75, 3.05) is 50.1 Å². The number of likely N-dealkylation sites (N-methyl/N-ethyl adjacent to an activating group) is 1. The Morgan fingerprint density at radius 3 is 2.39 bits per heavy atom. The summed E-state index contributed by atoms with van der Waals surface area (Å²) in [5, 5.41) is 2.86. The molecule has 2 amide bonds. The Labute approximate surface area is 166 Å². The van der Waals surface area contributed by atoms with Crippen LogP contribution in [0.3, 0.4) is 0 Å². The van der Waals surface area contributed by atoms with Gasteiger partial charge in [0.2, 0.25) is 5.91 Å². The van der Waals surface area contributed by atoms with E-state index < -0.39 is 0 Å². The average Bonchev–Trinajstić information content (AvgIpc) is 2.68. The summed E-state index contributed by atoms with van der Waals surface area (Å²) in [5.41, 5.74) is 4.47. The Bertz CT molecular complexity index is 843. The van der Waals surface area contributed by atoms with E-state index in [0.29, 0.717) is 5.56 Å². The van der Waals surface area contributed by atoms with Gasteiger partial charge in [-0.2, -0.15) is 0 Å². The number of rotatable bonds is 5. The normalized spacial score (nSPS) is 13.9. The first-order valence-electron chi connectivity index (χ1n) is 9.49. The lowest BCUT2D eigenvalue weighted by molar-refractivity contribution is -0.116. The predicted molar refractivity (Wildman–Crippen MR) is 111 cm³/mol.